The number of rotatable bonds is 4. The topological polar surface area (TPSA) is 29.5 Å². The van der Waals surface area contributed by atoms with Gasteiger partial charge in [-0.3, -0.25) is 0 Å². The second-order valence-corrected chi connectivity index (χ2v) is 6.28. The quantitative estimate of drug-likeness (QED) is 0.778. The third-order valence-electron chi connectivity index (χ3n) is 4.11. The molecule has 1 aliphatic heterocycles. The fourth-order valence-electron chi connectivity index (χ4n) is 2.94. The predicted molar refractivity (Wildman–Crippen MR) is 93.9 cm³/mol. The van der Waals surface area contributed by atoms with Crippen molar-refractivity contribution in [2.24, 2.45) is 0 Å². The molecule has 3 rings (SSSR count). The highest BCUT2D eigenvalue weighted by Gasteiger charge is 2.13. The van der Waals surface area contributed by atoms with Crippen molar-refractivity contribution < 1.29 is 9.53 Å². The van der Waals surface area contributed by atoms with E-state index in [1.807, 2.05) is 38.1 Å². The van der Waals surface area contributed by atoms with E-state index in [1.165, 1.54) is 24.1 Å². The smallest absolute Gasteiger partial charge is 0.338 e. The SMILES string of the molecule is CC(C)OC(=O)c1ccc(-c2cccc(N3CCCC3)c2)cc1. The third kappa shape index (κ3) is 3.73. The molecule has 3 heteroatoms. The lowest BCUT2D eigenvalue weighted by Crippen LogP contribution is -2.17. The first-order valence-electron chi connectivity index (χ1n) is 8.30. The summed E-state index contributed by atoms with van der Waals surface area (Å²) in [6.45, 7) is 6.00. The van der Waals surface area contributed by atoms with Gasteiger partial charge in [-0.15, -0.1) is 0 Å². The Balaban J connectivity index is 1.79. The molecule has 120 valence electrons. The van der Waals surface area contributed by atoms with Gasteiger partial charge in [0.05, 0.1) is 11.7 Å². The number of benzene rings is 2. The molecule has 1 aliphatic rings. The Kier molecular flexibility index (Phi) is 4.65. The maximum atomic E-state index is 11.9. The van der Waals surface area contributed by atoms with Crippen LogP contribution in [0.3, 0.4) is 0 Å². The molecule has 1 saturated heterocycles. The van der Waals surface area contributed by atoms with E-state index in [-0.39, 0.29) is 12.1 Å². The summed E-state index contributed by atoms with van der Waals surface area (Å²) in [6, 6.07) is 16.3. The molecule has 2 aromatic rings. The van der Waals surface area contributed by atoms with Crippen molar-refractivity contribution in [3.05, 3.63) is 54.1 Å². The second kappa shape index (κ2) is 6.86. The van der Waals surface area contributed by atoms with Crippen LogP contribution in [-0.2, 0) is 4.74 Å². The molecule has 0 bridgehead atoms. The number of carbonyl (C=O) groups is 1. The zero-order valence-corrected chi connectivity index (χ0v) is 13.8. The van der Waals surface area contributed by atoms with E-state index >= 15 is 0 Å². The molecule has 0 aliphatic carbocycles. The zero-order valence-electron chi connectivity index (χ0n) is 13.8. The highest BCUT2D eigenvalue weighted by molar-refractivity contribution is 5.90. The van der Waals surface area contributed by atoms with Crippen LogP contribution < -0.4 is 4.90 Å². The average Bonchev–Trinajstić information content (AvgIpc) is 3.09. The average molecular weight is 309 g/mol. The third-order valence-corrected chi connectivity index (χ3v) is 4.11. The molecule has 1 fully saturated rings. The van der Waals surface area contributed by atoms with Gasteiger partial charge in [0.1, 0.15) is 0 Å². The Morgan fingerprint density at radius 1 is 1.00 bits per heavy atom. The van der Waals surface area contributed by atoms with Crippen molar-refractivity contribution in [1.29, 1.82) is 0 Å². The van der Waals surface area contributed by atoms with Gasteiger partial charge in [0, 0.05) is 18.8 Å². The molecular formula is C20H23NO2. The minimum atomic E-state index is -0.266. The van der Waals surface area contributed by atoms with Gasteiger partial charge in [-0.25, -0.2) is 4.79 Å². The highest BCUT2D eigenvalue weighted by atomic mass is 16.5. The first-order valence-corrected chi connectivity index (χ1v) is 8.30. The van der Waals surface area contributed by atoms with Gasteiger partial charge >= 0.3 is 5.97 Å². The van der Waals surface area contributed by atoms with Crippen LogP contribution in [0.2, 0.25) is 0 Å². The number of esters is 1. The molecule has 0 N–H and O–H groups in total. The van der Waals surface area contributed by atoms with Crippen molar-refractivity contribution >= 4 is 11.7 Å². The molecule has 0 spiro atoms. The second-order valence-electron chi connectivity index (χ2n) is 6.28. The summed E-state index contributed by atoms with van der Waals surface area (Å²) in [5, 5.41) is 0. The van der Waals surface area contributed by atoms with E-state index < -0.39 is 0 Å². The van der Waals surface area contributed by atoms with E-state index in [0.29, 0.717) is 5.56 Å². The van der Waals surface area contributed by atoms with E-state index in [4.69, 9.17) is 4.74 Å². The summed E-state index contributed by atoms with van der Waals surface area (Å²) in [7, 11) is 0. The Morgan fingerprint density at radius 2 is 1.70 bits per heavy atom. The van der Waals surface area contributed by atoms with Crippen LogP contribution in [0.25, 0.3) is 11.1 Å². The Labute approximate surface area is 137 Å². The summed E-state index contributed by atoms with van der Waals surface area (Å²) >= 11 is 0. The number of ether oxygens (including phenoxy) is 1. The van der Waals surface area contributed by atoms with Gasteiger partial charge in [-0.1, -0.05) is 24.3 Å². The molecule has 0 aromatic heterocycles. The molecule has 0 atom stereocenters. The molecule has 0 saturated carbocycles. The summed E-state index contributed by atoms with van der Waals surface area (Å²) in [4.78, 5) is 14.3. The van der Waals surface area contributed by atoms with Crippen LogP contribution in [0.4, 0.5) is 5.69 Å². The Hall–Kier alpha value is -2.29. The van der Waals surface area contributed by atoms with Gasteiger partial charge in [0.25, 0.3) is 0 Å². The van der Waals surface area contributed by atoms with E-state index in [9.17, 15) is 4.79 Å². The van der Waals surface area contributed by atoms with Crippen LogP contribution in [-0.4, -0.2) is 25.2 Å². The van der Waals surface area contributed by atoms with Crippen LogP contribution in [0.15, 0.2) is 48.5 Å². The van der Waals surface area contributed by atoms with Gasteiger partial charge in [0.2, 0.25) is 0 Å². The summed E-state index contributed by atoms with van der Waals surface area (Å²) < 4.78 is 5.22. The predicted octanol–water partition coefficient (Wildman–Crippen LogP) is 4.52. The normalized spacial score (nSPS) is 14.3. The molecule has 0 amide bonds. The first kappa shape index (κ1) is 15.6. The molecule has 0 radical (unpaired) electrons. The number of hydrogen-bond donors (Lipinski definition) is 0. The van der Waals surface area contributed by atoms with Gasteiger partial charge < -0.3 is 9.64 Å². The highest BCUT2D eigenvalue weighted by Crippen LogP contribution is 2.27. The Bertz CT molecular complexity index is 670. The van der Waals surface area contributed by atoms with Gasteiger partial charge in [-0.2, -0.15) is 0 Å². The molecule has 0 unspecified atom stereocenters. The molecule has 23 heavy (non-hydrogen) atoms. The zero-order chi connectivity index (χ0) is 16.2. The molecular weight excluding hydrogens is 286 g/mol. The van der Waals surface area contributed by atoms with Crippen molar-refractivity contribution in [3.8, 4) is 11.1 Å². The summed E-state index contributed by atoms with van der Waals surface area (Å²) in [6.07, 6.45) is 2.45. The van der Waals surface area contributed by atoms with Crippen molar-refractivity contribution in [2.75, 3.05) is 18.0 Å². The first-order chi connectivity index (χ1) is 11.1. The maximum Gasteiger partial charge on any atom is 0.338 e. The van der Waals surface area contributed by atoms with Gasteiger partial charge in [-0.05, 0) is 62.1 Å². The lowest BCUT2D eigenvalue weighted by Gasteiger charge is -2.18. The fourth-order valence-corrected chi connectivity index (χ4v) is 2.94. The summed E-state index contributed by atoms with van der Waals surface area (Å²) in [5.41, 5.74) is 4.17. The fraction of sp³-hybridized carbons (Fsp3) is 0.350. The standard InChI is InChI=1S/C20H23NO2/c1-15(2)23-20(22)17-10-8-16(9-11-17)18-6-5-7-19(14-18)21-12-3-4-13-21/h5-11,14-15H,3-4,12-13H2,1-2H3. The van der Waals surface area contributed by atoms with Crippen molar-refractivity contribution in [2.45, 2.75) is 32.8 Å². The lowest BCUT2D eigenvalue weighted by molar-refractivity contribution is 0.0378. The van der Waals surface area contributed by atoms with Crippen LogP contribution in [0.1, 0.15) is 37.0 Å². The van der Waals surface area contributed by atoms with Crippen LogP contribution in [0.5, 0.6) is 0 Å². The number of anilines is 1. The number of nitrogens with zero attached hydrogens (tertiary/aromatic N) is 1. The molecule has 2 aromatic carbocycles. The van der Waals surface area contributed by atoms with E-state index in [0.717, 1.165) is 18.7 Å². The molecule has 3 nitrogen and oxygen atoms in total. The maximum absolute atomic E-state index is 11.9. The molecule has 1 heterocycles. The van der Waals surface area contributed by atoms with Crippen molar-refractivity contribution in [3.63, 3.8) is 0 Å². The largest absolute Gasteiger partial charge is 0.459 e. The summed E-state index contributed by atoms with van der Waals surface area (Å²) in [5.74, 6) is -0.266. The lowest BCUT2D eigenvalue weighted by atomic mass is 10.0. The van der Waals surface area contributed by atoms with E-state index in [1.54, 1.807) is 0 Å². The van der Waals surface area contributed by atoms with Crippen molar-refractivity contribution in [1.82, 2.24) is 0 Å². The van der Waals surface area contributed by atoms with Gasteiger partial charge in [0.15, 0.2) is 0 Å². The monoisotopic (exact) mass is 309 g/mol. The minimum absolute atomic E-state index is 0.0979. The van der Waals surface area contributed by atoms with Crippen LogP contribution >= 0.6 is 0 Å². The van der Waals surface area contributed by atoms with E-state index in [2.05, 4.69) is 29.2 Å². The minimum Gasteiger partial charge on any atom is -0.459 e. The van der Waals surface area contributed by atoms with Crippen LogP contribution in [0, 0.1) is 0 Å². The number of carbonyl (C=O) groups excluding carboxylic acids is 1. The number of hydrogen-bond acceptors (Lipinski definition) is 3. The Morgan fingerprint density at radius 3 is 2.35 bits per heavy atom.